The van der Waals surface area contributed by atoms with E-state index in [4.69, 9.17) is 9.47 Å². The second kappa shape index (κ2) is 14.1. The van der Waals surface area contributed by atoms with Crippen LogP contribution in [0.2, 0.25) is 0 Å². The van der Waals surface area contributed by atoms with Gasteiger partial charge in [-0.2, -0.15) is 0 Å². The van der Waals surface area contributed by atoms with Crippen molar-refractivity contribution in [3.63, 3.8) is 0 Å². The molecule has 0 unspecified atom stereocenters. The van der Waals surface area contributed by atoms with E-state index in [0.717, 1.165) is 10.1 Å². The SMILES string of the molecule is COc1cc2nc(CCn3c(=O)n4n(c3=O)[C@@H]3C[C@H]5C(=O)C(c6ccccc6)=CC(=O)[C@@]5(c5ccccc5)[C@@H](c5ccc(O)c(C)c5)C3=CC4)c(=O)n(C)c2cc1OC. The number of hydrogen-bond acceptors (Lipinski definition) is 9. The summed E-state index contributed by atoms with van der Waals surface area (Å²) < 4.78 is 16.2. The van der Waals surface area contributed by atoms with E-state index in [2.05, 4.69) is 4.98 Å². The van der Waals surface area contributed by atoms with Gasteiger partial charge in [-0.15, -0.1) is 0 Å². The molecule has 3 aliphatic rings. The molecule has 6 aromatic rings. The number of fused-ring (bicyclic) bond motifs is 5. The molecule has 9 rings (SSSR count). The van der Waals surface area contributed by atoms with Crippen molar-refractivity contribution in [2.24, 2.45) is 13.0 Å². The Morgan fingerprint density at radius 1 is 0.864 bits per heavy atom. The number of Topliss-reactive ketones (excluding diaryl/α,β-unsaturated/α-hetero) is 1. The van der Waals surface area contributed by atoms with E-state index >= 15 is 9.59 Å². The smallest absolute Gasteiger partial charge is 0.347 e. The zero-order chi connectivity index (χ0) is 41.3. The highest BCUT2D eigenvalue weighted by Gasteiger charge is 2.63. The Balaban J connectivity index is 1.19. The number of allylic oxidation sites excluding steroid dienone is 4. The normalized spacial score (nSPS) is 21.0. The maximum absolute atomic E-state index is 15.2. The predicted molar refractivity (Wildman–Crippen MR) is 220 cm³/mol. The molecular formula is C46H41N5O8. The Morgan fingerprint density at radius 2 is 1.56 bits per heavy atom. The van der Waals surface area contributed by atoms with Crippen LogP contribution in [0.3, 0.4) is 0 Å². The van der Waals surface area contributed by atoms with Crippen molar-refractivity contribution >= 4 is 28.2 Å². The van der Waals surface area contributed by atoms with Gasteiger partial charge in [-0.05, 0) is 53.3 Å². The summed E-state index contributed by atoms with van der Waals surface area (Å²) in [5, 5.41) is 10.6. The van der Waals surface area contributed by atoms with E-state index in [0.29, 0.717) is 50.4 Å². The van der Waals surface area contributed by atoms with Gasteiger partial charge in [0.1, 0.15) is 11.4 Å². The highest BCUT2D eigenvalue weighted by Crippen LogP contribution is 2.61. The van der Waals surface area contributed by atoms with Crippen molar-refractivity contribution in [1.29, 1.82) is 0 Å². The number of carbonyl (C=O) groups excluding carboxylic acids is 2. The molecule has 1 fully saturated rings. The molecule has 298 valence electrons. The summed E-state index contributed by atoms with van der Waals surface area (Å²) in [6.07, 6.45) is 3.42. The number of ketones is 2. The van der Waals surface area contributed by atoms with Gasteiger partial charge in [0.15, 0.2) is 23.1 Å². The summed E-state index contributed by atoms with van der Waals surface area (Å²) in [4.78, 5) is 77.4. The molecule has 0 saturated heterocycles. The first kappa shape index (κ1) is 37.6. The number of carbonyl (C=O) groups is 2. The number of ether oxygens (including phenoxy) is 2. The molecule has 0 bridgehead atoms. The first-order chi connectivity index (χ1) is 28.5. The molecule has 0 spiro atoms. The van der Waals surface area contributed by atoms with E-state index in [1.165, 1.54) is 34.2 Å². The largest absolute Gasteiger partial charge is 0.508 e. The molecule has 4 aromatic carbocycles. The van der Waals surface area contributed by atoms with Gasteiger partial charge in [0.05, 0.1) is 43.3 Å². The van der Waals surface area contributed by atoms with E-state index < -0.39 is 34.7 Å². The molecule has 1 N–H and O–H groups in total. The van der Waals surface area contributed by atoms with Gasteiger partial charge in [0.2, 0.25) is 0 Å². The summed E-state index contributed by atoms with van der Waals surface area (Å²) in [5.41, 5.74) is 1.76. The van der Waals surface area contributed by atoms with Crippen molar-refractivity contribution in [1.82, 2.24) is 23.5 Å². The highest BCUT2D eigenvalue weighted by molar-refractivity contribution is 6.31. The number of benzene rings is 4. The molecule has 1 aliphatic heterocycles. The van der Waals surface area contributed by atoms with Gasteiger partial charge in [-0.3, -0.25) is 14.4 Å². The van der Waals surface area contributed by atoms with Crippen LogP contribution in [0.5, 0.6) is 17.2 Å². The van der Waals surface area contributed by atoms with Crippen molar-refractivity contribution in [3.05, 3.63) is 168 Å². The molecule has 1 saturated carbocycles. The van der Waals surface area contributed by atoms with Crippen molar-refractivity contribution in [3.8, 4) is 17.2 Å². The van der Waals surface area contributed by atoms with Crippen LogP contribution in [0.4, 0.5) is 0 Å². The lowest BCUT2D eigenvalue weighted by atomic mass is 9.47. The van der Waals surface area contributed by atoms with Crippen molar-refractivity contribution in [2.75, 3.05) is 14.2 Å². The molecule has 4 atom stereocenters. The minimum absolute atomic E-state index is 0.0194. The van der Waals surface area contributed by atoms with Gasteiger partial charge < -0.3 is 19.1 Å². The van der Waals surface area contributed by atoms with Gasteiger partial charge >= 0.3 is 11.4 Å². The molecule has 0 amide bonds. The highest BCUT2D eigenvalue weighted by atomic mass is 16.5. The monoisotopic (exact) mass is 791 g/mol. The van der Waals surface area contributed by atoms with Crippen LogP contribution in [0.25, 0.3) is 16.6 Å². The van der Waals surface area contributed by atoms with Crippen LogP contribution in [0, 0.1) is 12.8 Å². The van der Waals surface area contributed by atoms with Crippen LogP contribution in [-0.4, -0.2) is 54.4 Å². The quantitative estimate of drug-likeness (QED) is 0.214. The zero-order valence-electron chi connectivity index (χ0n) is 32.9. The Hall–Kier alpha value is -7.02. The number of aryl methyl sites for hydroxylation is 3. The number of phenols is 1. The maximum Gasteiger partial charge on any atom is 0.347 e. The first-order valence-corrected chi connectivity index (χ1v) is 19.4. The topological polar surface area (TPSA) is 157 Å². The van der Waals surface area contributed by atoms with Crippen molar-refractivity contribution in [2.45, 2.75) is 50.2 Å². The van der Waals surface area contributed by atoms with E-state index in [9.17, 15) is 19.5 Å². The van der Waals surface area contributed by atoms with E-state index in [1.807, 2.05) is 60.7 Å². The lowest BCUT2D eigenvalue weighted by Crippen LogP contribution is -2.58. The van der Waals surface area contributed by atoms with Gasteiger partial charge in [0.25, 0.3) is 5.56 Å². The van der Waals surface area contributed by atoms with Crippen LogP contribution in [0.15, 0.2) is 123 Å². The number of aromatic nitrogens is 5. The minimum atomic E-state index is -1.41. The molecule has 2 aliphatic carbocycles. The van der Waals surface area contributed by atoms with Gasteiger partial charge in [-0.25, -0.2) is 28.5 Å². The molecule has 2 aromatic heterocycles. The third-order valence-corrected chi connectivity index (χ3v) is 12.5. The van der Waals surface area contributed by atoms with Gasteiger partial charge in [-0.1, -0.05) is 78.9 Å². The third-order valence-electron chi connectivity index (χ3n) is 12.5. The lowest BCUT2D eigenvalue weighted by molar-refractivity contribution is -0.133. The Labute approximate surface area is 337 Å². The van der Waals surface area contributed by atoms with Crippen LogP contribution < -0.4 is 26.4 Å². The molecular weight excluding hydrogens is 751 g/mol. The average Bonchev–Trinajstić information content (AvgIpc) is 3.50. The summed E-state index contributed by atoms with van der Waals surface area (Å²) in [6, 6.07) is 26.1. The maximum atomic E-state index is 15.2. The number of phenolic OH excluding ortho intramolecular Hbond substituents is 1. The second-order valence-electron chi connectivity index (χ2n) is 15.4. The Morgan fingerprint density at radius 3 is 2.25 bits per heavy atom. The fraction of sp³-hybridized carbons (Fsp3) is 0.261. The second-order valence-corrected chi connectivity index (χ2v) is 15.4. The standard InChI is InChI=1S/C46H41N5O8/c1-26-21-28(15-16-37(26)52)41-30-17-20-50-44(56)49(19-18-33-43(55)48(2)36-25-39(59-4)38(58-3)24-34(36)47-33)45(57)51(50)35(30)23-32-42(54)31(27-11-7-5-8-12-27)22-40(53)46(32,41)29-13-9-6-10-14-29/h5-17,21-22,24-25,32,35,41,52H,18-20,23H2,1-4H3/t32-,35+,41-,46-/m0/s1. The summed E-state index contributed by atoms with van der Waals surface area (Å²) in [5.74, 6) is -1.22. The first-order valence-electron chi connectivity index (χ1n) is 19.4. The predicted octanol–water partition coefficient (Wildman–Crippen LogP) is 4.79. The Bertz CT molecular complexity index is 2970. The summed E-state index contributed by atoms with van der Waals surface area (Å²) >= 11 is 0. The van der Waals surface area contributed by atoms with Crippen LogP contribution in [-0.2, 0) is 41.6 Å². The average molecular weight is 792 g/mol. The van der Waals surface area contributed by atoms with E-state index in [-0.39, 0.29) is 54.5 Å². The minimum Gasteiger partial charge on any atom is -0.508 e. The fourth-order valence-corrected chi connectivity index (χ4v) is 9.70. The van der Waals surface area contributed by atoms with Gasteiger partial charge in [0, 0.05) is 49.6 Å². The summed E-state index contributed by atoms with van der Waals surface area (Å²) in [7, 11) is 4.63. The van der Waals surface area contributed by atoms with Crippen molar-refractivity contribution < 1.29 is 24.2 Å². The number of rotatable bonds is 8. The summed E-state index contributed by atoms with van der Waals surface area (Å²) in [6.45, 7) is 1.67. The fourth-order valence-electron chi connectivity index (χ4n) is 9.70. The van der Waals surface area contributed by atoms with E-state index in [1.54, 1.807) is 50.4 Å². The number of methoxy groups -OCH3 is 2. The number of hydrogen-bond donors (Lipinski definition) is 1. The molecule has 13 heteroatoms. The lowest BCUT2D eigenvalue weighted by Gasteiger charge is -2.54. The van der Waals surface area contributed by atoms with Crippen LogP contribution in [0.1, 0.15) is 46.3 Å². The molecule has 13 nitrogen and oxygen atoms in total. The molecule has 0 radical (unpaired) electrons. The van der Waals surface area contributed by atoms with Crippen LogP contribution >= 0.6 is 0 Å². The molecule has 59 heavy (non-hydrogen) atoms. The number of nitrogens with zero attached hydrogens (tertiary/aromatic N) is 5. The molecule has 3 heterocycles. The third kappa shape index (κ3) is 5.59. The number of aromatic hydroxyl groups is 1. The zero-order valence-corrected chi connectivity index (χ0v) is 32.9. The Kier molecular flexibility index (Phi) is 8.98.